The molecule has 0 saturated carbocycles. The van der Waals surface area contributed by atoms with Crippen molar-refractivity contribution >= 4 is 10.0 Å². The molecule has 1 unspecified atom stereocenters. The minimum atomic E-state index is -3.50. The SMILES string of the molecule is CCC(C#N)S(=O)(=O)N1CCCN(CCO)CC1. The highest BCUT2D eigenvalue weighted by Gasteiger charge is 2.31. The van der Waals surface area contributed by atoms with E-state index in [1.165, 1.54) is 4.31 Å². The molecule has 18 heavy (non-hydrogen) atoms. The third-order valence-electron chi connectivity index (χ3n) is 3.20. The molecule has 7 heteroatoms. The van der Waals surface area contributed by atoms with Crippen LogP contribution < -0.4 is 0 Å². The van der Waals surface area contributed by atoms with Gasteiger partial charge in [-0.25, -0.2) is 8.42 Å². The minimum Gasteiger partial charge on any atom is -0.395 e. The molecule has 1 heterocycles. The fraction of sp³-hybridized carbons (Fsp3) is 0.909. The Hall–Kier alpha value is -0.680. The maximum Gasteiger partial charge on any atom is 0.230 e. The van der Waals surface area contributed by atoms with E-state index in [1.54, 1.807) is 6.92 Å². The van der Waals surface area contributed by atoms with E-state index in [9.17, 15) is 8.42 Å². The molecule has 0 bridgehead atoms. The summed E-state index contributed by atoms with van der Waals surface area (Å²) in [6, 6.07) is 1.86. The van der Waals surface area contributed by atoms with Crippen molar-refractivity contribution in [3.8, 4) is 6.07 Å². The highest BCUT2D eigenvalue weighted by atomic mass is 32.2. The first-order chi connectivity index (χ1) is 8.56. The van der Waals surface area contributed by atoms with Gasteiger partial charge in [-0.3, -0.25) is 4.90 Å². The molecule has 1 aliphatic heterocycles. The lowest BCUT2D eigenvalue weighted by molar-refractivity contribution is 0.202. The number of hydrogen-bond donors (Lipinski definition) is 1. The topological polar surface area (TPSA) is 84.6 Å². The Morgan fingerprint density at radius 3 is 2.61 bits per heavy atom. The first-order valence-electron chi connectivity index (χ1n) is 6.28. The zero-order valence-electron chi connectivity index (χ0n) is 10.7. The van der Waals surface area contributed by atoms with E-state index >= 15 is 0 Å². The van der Waals surface area contributed by atoms with Crippen LogP contribution in [0.1, 0.15) is 19.8 Å². The fourth-order valence-corrected chi connectivity index (χ4v) is 3.75. The van der Waals surface area contributed by atoms with E-state index in [-0.39, 0.29) is 6.61 Å². The molecule has 0 aliphatic carbocycles. The van der Waals surface area contributed by atoms with E-state index in [0.29, 0.717) is 32.6 Å². The van der Waals surface area contributed by atoms with Crippen LogP contribution in [0.4, 0.5) is 0 Å². The second-order valence-electron chi connectivity index (χ2n) is 4.39. The summed E-state index contributed by atoms with van der Waals surface area (Å²) < 4.78 is 25.8. The zero-order chi connectivity index (χ0) is 13.6. The molecule has 0 aromatic heterocycles. The van der Waals surface area contributed by atoms with Crippen molar-refractivity contribution in [1.82, 2.24) is 9.21 Å². The number of aliphatic hydroxyl groups is 1. The molecule has 104 valence electrons. The molecule has 0 spiro atoms. The minimum absolute atomic E-state index is 0.0858. The van der Waals surface area contributed by atoms with Gasteiger partial charge in [0.15, 0.2) is 5.25 Å². The summed E-state index contributed by atoms with van der Waals surface area (Å²) in [4.78, 5) is 2.04. The normalized spacial score (nSPS) is 21.2. The Kier molecular flexibility index (Phi) is 6.02. The van der Waals surface area contributed by atoms with Crippen molar-refractivity contribution in [3.05, 3.63) is 0 Å². The van der Waals surface area contributed by atoms with E-state index < -0.39 is 15.3 Å². The van der Waals surface area contributed by atoms with Crippen molar-refractivity contribution in [2.24, 2.45) is 0 Å². The van der Waals surface area contributed by atoms with E-state index in [2.05, 4.69) is 0 Å². The van der Waals surface area contributed by atoms with E-state index in [1.807, 2.05) is 11.0 Å². The summed E-state index contributed by atoms with van der Waals surface area (Å²) in [5, 5.41) is 16.8. The lowest BCUT2D eigenvalue weighted by Crippen LogP contribution is -2.40. The third kappa shape index (κ3) is 3.65. The van der Waals surface area contributed by atoms with Crippen LogP contribution in [0.2, 0.25) is 0 Å². The predicted octanol–water partition coefficient (Wildman–Crippen LogP) is -0.382. The summed E-state index contributed by atoms with van der Waals surface area (Å²) in [5.41, 5.74) is 0. The van der Waals surface area contributed by atoms with Gasteiger partial charge in [0, 0.05) is 26.2 Å². The molecule has 0 radical (unpaired) electrons. The Labute approximate surface area is 109 Å². The number of rotatable bonds is 5. The average molecular weight is 275 g/mol. The summed E-state index contributed by atoms with van der Waals surface area (Å²) >= 11 is 0. The van der Waals surface area contributed by atoms with Crippen LogP contribution in [-0.2, 0) is 10.0 Å². The number of β-amino-alcohol motifs (C(OH)–C–C–N with tert-alkyl or cyclic N) is 1. The standard InChI is InChI=1S/C11H21N3O3S/c1-2-11(10-12)18(16,17)14-5-3-4-13(6-7-14)8-9-15/h11,15H,2-9H2,1H3. The Morgan fingerprint density at radius 1 is 1.33 bits per heavy atom. The van der Waals surface area contributed by atoms with Crippen LogP contribution in [0.25, 0.3) is 0 Å². The monoisotopic (exact) mass is 275 g/mol. The maximum atomic E-state index is 12.2. The van der Waals surface area contributed by atoms with Crippen LogP contribution >= 0.6 is 0 Å². The molecule has 0 aromatic carbocycles. The van der Waals surface area contributed by atoms with Crippen molar-refractivity contribution in [2.75, 3.05) is 39.3 Å². The number of sulfonamides is 1. The maximum absolute atomic E-state index is 12.2. The van der Waals surface area contributed by atoms with Crippen LogP contribution in [0.3, 0.4) is 0 Å². The van der Waals surface area contributed by atoms with Crippen molar-refractivity contribution < 1.29 is 13.5 Å². The lowest BCUT2D eigenvalue weighted by Gasteiger charge is -2.22. The molecule has 6 nitrogen and oxygen atoms in total. The number of hydrogen-bond acceptors (Lipinski definition) is 5. The predicted molar refractivity (Wildman–Crippen MR) is 68.3 cm³/mol. The second-order valence-corrected chi connectivity index (χ2v) is 6.50. The third-order valence-corrected chi connectivity index (χ3v) is 5.44. The zero-order valence-corrected chi connectivity index (χ0v) is 11.6. The molecular weight excluding hydrogens is 254 g/mol. The lowest BCUT2D eigenvalue weighted by atomic mass is 10.4. The second kappa shape index (κ2) is 7.04. The summed E-state index contributed by atoms with van der Waals surface area (Å²) in [5.74, 6) is 0. The van der Waals surface area contributed by atoms with Crippen LogP contribution in [0.5, 0.6) is 0 Å². The Morgan fingerprint density at radius 2 is 2.06 bits per heavy atom. The smallest absolute Gasteiger partial charge is 0.230 e. The largest absolute Gasteiger partial charge is 0.395 e. The highest BCUT2D eigenvalue weighted by Crippen LogP contribution is 2.14. The van der Waals surface area contributed by atoms with Crippen molar-refractivity contribution in [2.45, 2.75) is 25.0 Å². The average Bonchev–Trinajstić information content (AvgIpc) is 2.57. The van der Waals surface area contributed by atoms with Crippen molar-refractivity contribution in [1.29, 1.82) is 5.26 Å². The molecule has 1 rings (SSSR count). The summed E-state index contributed by atoms with van der Waals surface area (Å²) in [7, 11) is -3.50. The van der Waals surface area contributed by atoms with Gasteiger partial charge in [0.25, 0.3) is 0 Å². The number of nitrogens with zero attached hydrogens (tertiary/aromatic N) is 3. The van der Waals surface area contributed by atoms with Gasteiger partial charge in [-0.15, -0.1) is 0 Å². The Bertz CT molecular complexity index is 391. The van der Waals surface area contributed by atoms with Gasteiger partial charge in [-0.05, 0) is 19.4 Å². The quantitative estimate of drug-likeness (QED) is 0.739. The Balaban J connectivity index is 2.71. The van der Waals surface area contributed by atoms with E-state index in [4.69, 9.17) is 10.4 Å². The van der Waals surface area contributed by atoms with Crippen molar-refractivity contribution in [3.63, 3.8) is 0 Å². The van der Waals surface area contributed by atoms with Gasteiger partial charge < -0.3 is 5.11 Å². The number of nitriles is 1. The molecular formula is C11H21N3O3S. The molecule has 0 amide bonds. The van der Waals surface area contributed by atoms with Gasteiger partial charge >= 0.3 is 0 Å². The molecule has 1 aliphatic rings. The summed E-state index contributed by atoms with van der Waals surface area (Å²) in [6.07, 6.45) is 1.05. The van der Waals surface area contributed by atoms with Crippen LogP contribution in [0, 0.1) is 11.3 Å². The highest BCUT2D eigenvalue weighted by molar-refractivity contribution is 7.90. The van der Waals surface area contributed by atoms with Crippen LogP contribution in [-0.4, -0.2) is 67.3 Å². The first kappa shape index (κ1) is 15.4. The van der Waals surface area contributed by atoms with Gasteiger partial charge in [0.2, 0.25) is 10.0 Å². The molecule has 0 aromatic rings. The van der Waals surface area contributed by atoms with Gasteiger partial charge in [0.1, 0.15) is 0 Å². The number of aliphatic hydroxyl groups excluding tert-OH is 1. The van der Waals surface area contributed by atoms with Gasteiger partial charge in [-0.2, -0.15) is 9.57 Å². The summed E-state index contributed by atoms with van der Waals surface area (Å²) in [6.45, 7) is 4.63. The van der Waals surface area contributed by atoms with Crippen LogP contribution in [0.15, 0.2) is 0 Å². The molecule has 1 fully saturated rings. The fourth-order valence-electron chi connectivity index (χ4n) is 2.12. The molecule has 1 atom stereocenters. The molecule has 1 N–H and O–H groups in total. The van der Waals surface area contributed by atoms with Gasteiger partial charge in [0.05, 0.1) is 12.7 Å². The van der Waals surface area contributed by atoms with E-state index in [0.717, 1.165) is 13.0 Å². The van der Waals surface area contributed by atoms with Gasteiger partial charge in [-0.1, -0.05) is 6.92 Å². The molecule has 1 saturated heterocycles. The first-order valence-corrected chi connectivity index (χ1v) is 7.78.